The third kappa shape index (κ3) is 1.28. The van der Waals surface area contributed by atoms with Gasteiger partial charge in [0.05, 0.1) is 6.26 Å². The lowest BCUT2D eigenvalue weighted by molar-refractivity contribution is 0.185. The molecule has 1 aromatic rings. The van der Waals surface area contributed by atoms with Crippen LogP contribution in [0.3, 0.4) is 0 Å². The van der Waals surface area contributed by atoms with Crippen molar-refractivity contribution in [1.29, 1.82) is 0 Å². The van der Waals surface area contributed by atoms with Crippen molar-refractivity contribution in [3.8, 4) is 0 Å². The van der Waals surface area contributed by atoms with Crippen LogP contribution in [0.1, 0.15) is 18.8 Å². The Hall–Kier alpha value is -1.02. The molecule has 1 aromatic heterocycles. The highest BCUT2D eigenvalue weighted by molar-refractivity contribution is 5.12. The van der Waals surface area contributed by atoms with Gasteiger partial charge in [0.2, 0.25) is 0 Å². The van der Waals surface area contributed by atoms with E-state index in [1.54, 1.807) is 19.1 Å². The number of aliphatic hydroxyl groups excluding tert-OH is 1. The molecule has 0 bridgehead atoms. The molecule has 0 aromatic carbocycles. The fourth-order valence-corrected chi connectivity index (χ4v) is 0.690. The van der Waals surface area contributed by atoms with Gasteiger partial charge in [0.25, 0.3) is 0 Å². The molecule has 0 unspecified atom stereocenters. The normalized spacial score (nSPS) is 13.0. The van der Waals surface area contributed by atoms with Crippen molar-refractivity contribution in [2.75, 3.05) is 0 Å². The first-order chi connectivity index (χ1) is 4.72. The summed E-state index contributed by atoms with van der Waals surface area (Å²) in [5.41, 5.74) is 0.690. The second-order valence-electron chi connectivity index (χ2n) is 2.26. The Morgan fingerprint density at radius 2 is 2.50 bits per heavy atom. The molecule has 2 heteroatoms. The van der Waals surface area contributed by atoms with Gasteiger partial charge in [-0.05, 0) is 24.6 Å². The first kappa shape index (κ1) is 7.09. The van der Waals surface area contributed by atoms with Gasteiger partial charge in [-0.25, -0.2) is 0 Å². The maximum absolute atomic E-state index is 9.29. The summed E-state index contributed by atoms with van der Waals surface area (Å²) in [6.45, 7) is 5.36. The molecule has 0 aliphatic rings. The van der Waals surface area contributed by atoms with Crippen LogP contribution in [0.2, 0.25) is 0 Å². The van der Waals surface area contributed by atoms with E-state index in [1.165, 1.54) is 6.26 Å². The van der Waals surface area contributed by atoms with Crippen LogP contribution in [0.25, 0.3) is 0 Å². The van der Waals surface area contributed by atoms with Crippen LogP contribution in [0.15, 0.2) is 35.0 Å². The number of rotatable bonds is 2. The van der Waals surface area contributed by atoms with E-state index in [4.69, 9.17) is 4.42 Å². The Balaban J connectivity index is 2.77. The van der Waals surface area contributed by atoms with E-state index in [0.717, 1.165) is 0 Å². The van der Waals surface area contributed by atoms with Crippen LogP contribution >= 0.6 is 0 Å². The molecule has 2 nitrogen and oxygen atoms in total. The van der Waals surface area contributed by atoms with Crippen LogP contribution in [0.4, 0.5) is 0 Å². The second kappa shape index (κ2) is 2.71. The topological polar surface area (TPSA) is 33.4 Å². The Morgan fingerprint density at radius 1 is 1.80 bits per heavy atom. The molecule has 0 aliphatic carbocycles. The van der Waals surface area contributed by atoms with E-state index in [1.807, 2.05) is 0 Å². The smallest absolute Gasteiger partial charge is 0.136 e. The minimum atomic E-state index is -0.657. The molecule has 1 N–H and O–H groups in total. The Morgan fingerprint density at radius 3 is 2.90 bits per heavy atom. The quantitative estimate of drug-likeness (QED) is 0.633. The van der Waals surface area contributed by atoms with Gasteiger partial charge in [-0.2, -0.15) is 0 Å². The van der Waals surface area contributed by atoms with Crippen molar-refractivity contribution in [2.45, 2.75) is 13.0 Å². The summed E-state index contributed by atoms with van der Waals surface area (Å²) in [5.74, 6) is 0.549. The fraction of sp³-hybridized carbons (Fsp3) is 0.250. The van der Waals surface area contributed by atoms with Crippen molar-refractivity contribution in [1.82, 2.24) is 0 Å². The molecule has 0 radical (unpaired) electrons. The number of furan rings is 1. The molecular formula is C8H10O2. The van der Waals surface area contributed by atoms with Crippen molar-refractivity contribution in [2.24, 2.45) is 0 Å². The summed E-state index contributed by atoms with van der Waals surface area (Å²) in [6.07, 6.45) is 0.872. The Bertz CT molecular complexity index is 211. The molecule has 0 amide bonds. The van der Waals surface area contributed by atoms with Crippen molar-refractivity contribution in [3.05, 3.63) is 36.3 Å². The lowest BCUT2D eigenvalue weighted by Crippen LogP contribution is -1.94. The molecular weight excluding hydrogens is 128 g/mol. The highest BCUT2D eigenvalue weighted by Gasteiger charge is 2.09. The second-order valence-corrected chi connectivity index (χ2v) is 2.26. The summed E-state index contributed by atoms with van der Waals surface area (Å²) in [7, 11) is 0. The van der Waals surface area contributed by atoms with Gasteiger partial charge in [0.15, 0.2) is 0 Å². The zero-order valence-electron chi connectivity index (χ0n) is 5.87. The fourth-order valence-electron chi connectivity index (χ4n) is 0.690. The number of hydrogen-bond acceptors (Lipinski definition) is 2. The summed E-state index contributed by atoms with van der Waals surface area (Å²) in [4.78, 5) is 0. The van der Waals surface area contributed by atoms with Crippen LogP contribution in [0, 0.1) is 0 Å². The zero-order valence-corrected chi connectivity index (χ0v) is 5.87. The van der Waals surface area contributed by atoms with Gasteiger partial charge in [-0.15, -0.1) is 0 Å². The van der Waals surface area contributed by atoms with Crippen molar-refractivity contribution >= 4 is 0 Å². The molecule has 1 heterocycles. The highest BCUT2D eigenvalue weighted by atomic mass is 16.4. The van der Waals surface area contributed by atoms with Crippen LogP contribution in [-0.2, 0) is 0 Å². The van der Waals surface area contributed by atoms with E-state index >= 15 is 0 Å². The average molecular weight is 138 g/mol. The summed E-state index contributed by atoms with van der Waals surface area (Å²) >= 11 is 0. The zero-order chi connectivity index (χ0) is 7.56. The monoisotopic (exact) mass is 138 g/mol. The van der Waals surface area contributed by atoms with Gasteiger partial charge in [-0.3, -0.25) is 0 Å². The molecule has 1 rings (SSSR count). The molecule has 10 heavy (non-hydrogen) atoms. The predicted octanol–water partition coefficient (Wildman–Crippen LogP) is 1.89. The molecule has 0 saturated heterocycles. The van der Waals surface area contributed by atoms with E-state index in [9.17, 15) is 5.11 Å². The van der Waals surface area contributed by atoms with Crippen molar-refractivity contribution < 1.29 is 9.52 Å². The van der Waals surface area contributed by atoms with Gasteiger partial charge >= 0.3 is 0 Å². The minimum Gasteiger partial charge on any atom is -0.466 e. The third-order valence-corrected chi connectivity index (χ3v) is 1.28. The van der Waals surface area contributed by atoms with Gasteiger partial charge in [-0.1, -0.05) is 6.58 Å². The first-order valence-electron chi connectivity index (χ1n) is 3.08. The van der Waals surface area contributed by atoms with Gasteiger partial charge in [0.1, 0.15) is 11.9 Å². The minimum absolute atomic E-state index is 0.549. The van der Waals surface area contributed by atoms with Crippen LogP contribution in [-0.4, -0.2) is 5.11 Å². The SMILES string of the molecule is C=C(C)[C@@H](O)c1ccco1. The average Bonchev–Trinajstić information content (AvgIpc) is 2.36. The molecule has 0 saturated carbocycles. The van der Waals surface area contributed by atoms with Crippen LogP contribution < -0.4 is 0 Å². The number of aliphatic hydroxyl groups is 1. The maximum atomic E-state index is 9.29. The largest absolute Gasteiger partial charge is 0.466 e. The Labute approximate surface area is 59.8 Å². The van der Waals surface area contributed by atoms with E-state index in [2.05, 4.69) is 6.58 Å². The summed E-state index contributed by atoms with van der Waals surface area (Å²) in [5, 5.41) is 9.29. The van der Waals surface area contributed by atoms with E-state index < -0.39 is 6.10 Å². The third-order valence-electron chi connectivity index (χ3n) is 1.28. The molecule has 1 atom stereocenters. The van der Waals surface area contributed by atoms with Gasteiger partial charge < -0.3 is 9.52 Å². The maximum Gasteiger partial charge on any atom is 0.136 e. The van der Waals surface area contributed by atoms with E-state index in [0.29, 0.717) is 11.3 Å². The lowest BCUT2D eigenvalue weighted by atomic mass is 10.1. The Kier molecular flexibility index (Phi) is 1.92. The molecule has 0 aliphatic heterocycles. The first-order valence-corrected chi connectivity index (χ1v) is 3.08. The van der Waals surface area contributed by atoms with E-state index in [-0.39, 0.29) is 0 Å². The van der Waals surface area contributed by atoms with Gasteiger partial charge in [0, 0.05) is 0 Å². The predicted molar refractivity (Wildman–Crippen MR) is 38.5 cm³/mol. The standard InChI is InChI=1S/C8H10O2/c1-6(2)8(9)7-4-3-5-10-7/h3-5,8-9H,1H2,2H3/t8-/m1/s1. The number of hydrogen-bond donors (Lipinski definition) is 1. The molecule has 0 spiro atoms. The molecule has 54 valence electrons. The van der Waals surface area contributed by atoms with Crippen LogP contribution in [0.5, 0.6) is 0 Å². The lowest BCUT2D eigenvalue weighted by Gasteiger charge is -2.04. The van der Waals surface area contributed by atoms with Crippen molar-refractivity contribution in [3.63, 3.8) is 0 Å². The summed E-state index contributed by atoms with van der Waals surface area (Å²) < 4.78 is 4.95. The highest BCUT2D eigenvalue weighted by Crippen LogP contribution is 2.19. The molecule has 0 fully saturated rings. The summed E-state index contributed by atoms with van der Waals surface area (Å²) in [6, 6.07) is 3.46.